The van der Waals surface area contributed by atoms with Gasteiger partial charge in [-0.15, -0.1) is 10.2 Å². The van der Waals surface area contributed by atoms with Gasteiger partial charge in [0.2, 0.25) is 0 Å². The molecule has 0 bridgehead atoms. The number of amides is 1. The third-order valence-electron chi connectivity index (χ3n) is 2.72. The Bertz CT molecular complexity index is 716. The van der Waals surface area contributed by atoms with Crippen LogP contribution < -0.4 is 5.32 Å². The van der Waals surface area contributed by atoms with Gasteiger partial charge in [-0.25, -0.2) is 4.98 Å². The lowest BCUT2D eigenvalue weighted by atomic mass is 10.1. The molecule has 0 unspecified atom stereocenters. The smallest absolute Gasteiger partial charge is 0.256 e. The second-order valence-corrected chi connectivity index (χ2v) is 5.80. The van der Waals surface area contributed by atoms with Crippen LogP contribution in [0.5, 0.6) is 0 Å². The van der Waals surface area contributed by atoms with E-state index >= 15 is 0 Å². The Morgan fingerprint density at radius 3 is 2.19 bits per heavy atom. The summed E-state index contributed by atoms with van der Waals surface area (Å²) in [5, 5.41) is 10.5. The first-order valence-corrected chi connectivity index (χ1v) is 8.79. The van der Waals surface area contributed by atoms with E-state index in [9.17, 15) is 4.79 Å². The van der Waals surface area contributed by atoms with E-state index in [1.54, 1.807) is 36.0 Å². The van der Waals surface area contributed by atoms with E-state index in [1.807, 2.05) is 7.05 Å². The Balaban J connectivity index is 0.000000918. The first-order chi connectivity index (χ1) is 12.3. The number of carbonyl (C=O) groups is 1. The molecule has 2 heterocycles. The van der Waals surface area contributed by atoms with Crippen LogP contribution in [0.2, 0.25) is 0 Å². The first kappa shape index (κ1) is 23.2. The molecule has 0 aliphatic rings. The maximum Gasteiger partial charge on any atom is 0.256 e. The van der Waals surface area contributed by atoms with Crippen molar-refractivity contribution in [2.75, 3.05) is 5.32 Å². The molecule has 1 N–H and O–H groups in total. The van der Waals surface area contributed by atoms with Crippen molar-refractivity contribution in [3.05, 3.63) is 48.8 Å². The molecule has 0 radical (unpaired) electrons. The van der Waals surface area contributed by atoms with Gasteiger partial charge in [0.25, 0.3) is 5.91 Å². The Kier molecular flexibility index (Phi) is 11.2. The summed E-state index contributed by atoms with van der Waals surface area (Å²) in [6, 6.07) is 5.28. The molecule has 0 aliphatic heterocycles. The molecule has 6 nitrogen and oxygen atoms in total. The van der Waals surface area contributed by atoms with E-state index in [2.05, 4.69) is 61.4 Å². The second kappa shape index (κ2) is 12.6. The minimum Gasteiger partial charge on any atom is -0.315 e. The van der Waals surface area contributed by atoms with Crippen molar-refractivity contribution in [1.29, 1.82) is 0 Å². The molecule has 6 heteroatoms. The molecule has 2 aromatic rings. The number of carbonyl (C=O) groups excluding carboxylic acids is 1. The summed E-state index contributed by atoms with van der Waals surface area (Å²) >= 11 is 0. The van der Waals surface area contributed by atoms with E-state index in [4.69, 9.17) is 0 Å². The fraction of sp³-hybridized carbons (Fsp3) is 0.400. The van der Waals surface area contributed by atoms with Crippen LogP contribution in [0, 0.1) is 0 Å². The van der Waals surface area contributed by atoms with Gasteiger partial charge in [0.15, 0.2) is 5.82 Å². The lowest BCUT2D eigenvalue weighted by molar-refractivity contribution is -0.112. The summed E-state index contributed by atoms with van der Waals surface area (Å²) in [4.78, 5) is 16.2. The van der Waals surface area contributed by atoms with Crippen molar-refractivity contribution in [2.45, 2.75) is 47.5 Å². The third-order valence-corrected chi connectivity index (χ3v) is 2.72. The molecule has 0 spiro atoms. The summed E-state index contributed by atoms with van der Waals surface area (Å²) < 4.78 is 1.75. The summed E-state index contributed by atoms with van der Waals surface area (Å²) in [5.74, 6) is 0.734. The predicted molar refractivity (Wildman–Crippen MR) is 109 cm³/mol. The van der Waals surface area contributed by atoms with Gasteiger partial charge in [0.05, 0.1) is 0 Å². The van der Waals surface area contributed by atoms with Gasteiger partial charge in [-0.05, 0) is 24.6 Å². The lowest BCUT2D eigenvalue weighted by Crippen LogP contribution is -2.15. The number of aryl methyl sites for hydroxylation is 1. The number of anilines is 1. The number of nitrogens with one attached hydrogen (secondary N) is 1. The highest BCUT2D eigenvalue weighted by Gasteiger charge is 2.11. The van der Waals surface area contributed by atoms with Crippen molar-refractivity contribution in [1.82, 2.24) is 19.7 Å². The highest BCUT2D eigenvalue weighted by atomic mass is 16.1. The zero-order valence-corrected chi connectivity index (χ0v) is 16.8. The fourth-order valence-electron chi connectivity index (χ4n) is 1.53. The van der Waals surface area contributed by atoms with Crippen LogP contribution in [-0.2, 0) is 11.8 Å². The molecule has 142 valence electrons. The quantitative estimate of drug-likeness (QED) is 0.631. The Labute approximate surface area is 157 Å². The minimum absolute atomic E-state index is 0.319. The highest BCUT2D eigenvalue weighted by molar-refractivity contribution is 6.05. The monoisotopic (exact) mass is 357 g/mol. The molecular formula is C20H31N5O. The van der Waals surface area contributed by atoms with Crippen molar-refractivity contribution >= 4 is 11.7 Å². The zero-order valence-electron chi connectivity index (χ0n) is 16.8. The molecule has 0 fully saturated rings. The van der Waals surface area contributed by atoms with Gasteiger partial charge in [-0.1, -0.05) is 59.8 Å². The number of hydrogen-bond acceptors (Lipinski definition) is 4. The molecule has 0 atom stereocenters. The van der Waals surface area contributed by atoms with Crippen molar-refractivity contribution in [2.24, 2.45) is 7.05 Å². The Hall–Kier alpha value is -2.76. The van der Waals surface area contributed by atoms with Gasteiger partial charge in [0.1, 0.15) is 17.8 Å². The van der Waals surface area contributed by atoms with Crippen LogP contribution in [0.1, 0.15) is 47.5 Å². The number of nitrogens with zero attached hydrogens (tertiary/aromatic N) is 4. The Morgan fingerprint density at radius 2 is 1.73 bits per heavy atom. The number of pyridine rings is 1. The van der Waals surface area contributed by atoms with Crippen molar-refractivity contribution in [3.8, 4) is 11.5 Å². The maximum absolute atomic E-state index is 11.9. The zero-order chi connectivity index (χ0) is 20.1. The third kappa shape index (κ3) is 7.88. The van der Waals surface area contributed by atoms with Crippen LogP contribution in [-0.4, -0.2) is 25.7 Å². The number of hydrogen-bond donors (Lipinski definition) is 1. The summed E-state index contributed by atoms with van der Waals surface area (Å²) in [6.07, 6.45) is 4.09. The Morgan fingerprint density at radius 1 is 1.15 bits per heavy atom. The summed E-state index contributed by atoms with van der Waals surface area (Å²) in [5.41, 5.74) is 1.58. The average Bonchev–Trinajstić information content (AvgIpc) is 3.02. The van der Waals surface area contributed by atoms with E-state index in [1.165, 1.54) is 12.8 Å². The standard InChI is InChI=1S/C14H15N5O.2C3H8/c1-9(2)10(3)14(20)17-12-7-5-6-11(16-12)13-18-15-8-19(13)4;2*1-3-2/h5-8H,1,3H2,2,4H3,(H,16,17,20);2*3H2,1-2H3. The first-order valence-electron chi connectivity index (χ1n) is 8.79. The number of rotatable bonds is 4. The molecule has 2 rings (SSSR count). The normalized spacial score (nSPS) is 9.15. The molecule has 2 aromatic heterocycles. The number of aromatic nitrogens is 4. The van der Waals surface area contributed by atoms with Crippen LogP contribution in [0.4, 0.5) is 5.82 Å². The second-order valence-electron chi connectivity index (χ2n) is 5.80. The van der Waals surface area contributed by atoms with Crippen LogP contribution >= 0.6 is 0 Å². The molecule has 1 amide bonds. The van der Waals surface area contributed by atoms with E-state index in [0.29, 0.717) is 28.5 Å². The SMILES string of the molecule is C=C(C)C(=C)C(=O)Nc1cccc(-c2nncn2C)n1.CCC.CCC. The van der Waals surface area contributed by atoms with Gasteiger partial charge in [-0.3, -0.25) is 4.79 Å². The topological polar surface area (TPSA) is 72.7 Å². The molecular weight excluding hydrogens is 326 g/mol. The fourth-order valence-corrected chi connectivity index (χ4v) is 1.53. The maximum atomic E-state index is 11.9. The molecule has 26 heavy (non-hydrogen) atoms. The molecule has 0 saturated carbocycles. The van der Waals surface area contributed by atoms with Crippen molar-refractivity contribution < 1.29 is 4.79 Å². The van der Waals surface area contributed by atoms with Gasteiger partial charge >= 0.3 is 0 Å². The predicted octanol–water partition coefficient (Wildman–Crippen LogP) is 4.78. The van der Waals surface area contributed by atoms with E-state index in [-0.39, 0.29) is 5.91 Å². The largest absolute Gasteiger partial charge is 0.315 e. The highest BCUT2D eigenvalue weighted by Crippen LogP contribution is 2.16. The molecule has 0 saturated heterocycles. The minimum atomic E-state index is -0.319. The van der Waals surface area contributed by atoms with Crippen molar-refractivity contribution in [3.63, 3.8) is 0 Å². The summed E-state index contributed by atoms with van der Waals surface area (Å²) in [7, 11) is 1.82. The van der Waals surface area contributed by atoms with Crippen LogP contribution in [0.25, 0.3) is 11.5 Å². The van der Waals surface area contributed by atoms with Gasteiger partial charge < -0.3 is 9.88 Å². The lowest BCUT2D eigenvalue weighted by Gasteiger charge is -2.07. The van der Waals surface area contributed by atoms with Crippen LogP contribution in [0.3, 0.4) is 0 Å². The average molecular weight is 358 g/mol. The van der Waals surface area contributed by atoms with Gasteiger partial charge in [0, 0.05) is 12.6 Å². The molecule has 0 aliphatic carbocycles. The van der Waals surface area contributed by atoms with E-state index in [0.717, 1.165) is 0 Å². The summed E-state index contributed by atoms with van der Waals surface area (Å²) in [6.45, 7) is 17.6. The van der Waals surface area contributed by atoms with Crippen LogP contribution in [0.15, 0.2) is 48.8 Å². The van der Waals surface area contributed by atoms with E-state index < -0.39 is 0 Å². The molecule has 0 aromatic carbocycles. The van der Waals surface area contributed by atoms with Gasteiger partial charge in [-0.2, -0.15) is 0 Å².